The zero-order valence-corrected chi connectivity index (χ0v) is 15.4. The van der Waals surface area contributed by atoms with Crippen LogP contribution >= 0.6 is 0 Å². The summed E-state index contributed by atoms with van der Waals surface area (Å²) in [6.45, 7) is 1.58. The van der Waals surface area contributed by atoms with Crippen LogP contribution in [0.4, 0.5) is 10.2 Å². The van der Waals surface area contributed by atoms with Crippen LogP contribution in [-0.2, 0) is 16.0 Å². The maximum Gasteiger partial charge on any atom is 0.245 e. The fourth-order valence-electron chi connectivity index (χ4n) is 2.53. The summed E-state index contributed by atoms with van der Waals surface area (Å²) in [6, 6.07) is 7.79. The van der Waals surface area contributed by atoms with Crippen LogP contribution < -0.4 is 5.32 Å². The maximum atomic E-state index is 13.8. The number of benzene rings is 1. The molecule has 2 amide bonds. The molecule has 0 spiro atoms. The third-order valence-corrected chi connectivity index (χ3v) is 3.95. The molecular weight excluding hydrogens is 367 g/mol. The lowest BCUT2D eigenvalue weighted by Crippen LogP contribution is -2.35. The number of halogens is 1. The minimum atomic E-state index is -0.408. The van der Waals surface area contributed by atoms with E-state index in [0.717, 1.165) is 0 Å². The number of nitrogens with zero attached hydrogens (tertiary/aromatic N) is 3. The van der Waals surface area contributed by atoms with Gasteiger partial charge in [0, 0.05) is 26.0 Å². The molecule has 0 aliphatic rings. The predicted octanol–water partition coefficient (Wildman–Crippen LogP) is 2.81. The normalized spacial score (nSPS) is 10.7. The van der Waals surface area contributed by atoms with Gasteiger partial charge in [-0.2, -0.15) is 0 Å². The molecule has 3 rings (SSSR count). The number of anilines is 1. The zero-order chi connectivity index (χ0) is 20.1. The zero-order valence-electron chi connectivity index (χ0n) is 15.4. The van der Waals surface area contributed by atoms with Gasteiger partial charge in [0.1, 0.15) is 11.6 Å². The standard InChI is InChI=1S/C19H19FN4O4/c1-12-9-16(23-28-12)22-17(25)11-24(2)19(26)8-7-18-21-10-15(27-18)13-5-3-4-6-14(13)20/h3-6,9-10H,7-8,11H2,1-2H3,(H,22,23,25). The van der Waals surface area contributed by atoms with E-state index in [1.807, 2.05) is 0 Å². The highest BCUT2D eigenvalue weighted by Gasteiger charge is 2.16. The van der Waals surface area contributed by atoms with E-state index in [4.69, 9.17) is 8.94 Å². The van der Waals surface area contributed by atoms with Gasteiger partial charge in [-0.05, 0) is 19.1 Å². The highest BCUT2D eigenvalue weighted by molar-refractivity contribution is 5.93. The molecule has 28 heavy (non-hydrogen) atoms. The number of likely N-dealkylation sites (N-methyl/N-ethyl adjacent to an activating group) is 1. The minimum absolute atomic E-state index is 0.101. The second-order valence-electron chi connectivity index (χ2n) is 6.22. The Labute approximate surface area is 160 Å². The van der Waals surface area contributed by atoms with Crippen molar-refractivity contribution in [1.82, 2.24) is 15.0 Å². The van der Waals surface area contributed by atoms with Crippen molar-refractivity contribution in [3.63, 3.8) is 0 Å². The molecular formula is C19H19FN4O4. The number of amides is 2. The molecule has 0 unspecified atom stereocenters. The summed E-state index contributed by atoms with van der Waals surface area (Å²) in [7, 11) is 1.52. The van der Waals surface area contributed by atoms with Gasteiger partial charge in [-0.3, -0.25) is 9.59 Å². The molecule has 0 bridgehead atoms. The first-order valence-electron chi connectivity index (χ1n) is 8.59. The second kappa shape index (κ2) is 8.47. The fourth-order valence-corrected chi connectivity index (χ4v) is 2.53. The van der Waals surface area contributed by atoms with Crippen molar-refractivity contribution in [2.24, 2.45) is 0 Å². The van der Waals surface area contributed by atoms with E-state index < -0.39 is 5.82 Å². The van der Waals surface area contributed by atoms with Crippen molar-refractivity contribution in [2.45, 2.75) is 19.8 Å². The Kier molecular flexibility index (Phi) is 5.83. The van der Waals surface area contributed by atoms with Gasteiger partial charge in [-0.1, -0.05) is 17.3 Å². The number of carbonyl (C=O) groups excluding carboxylic acids is 2. The monoisotopic (exact) mass is 386 g/mol. The van der Waals surface area contributed by atoms with Crippen LogP contribution in [0.25, 0.3) is 11.3 Å². The van der Waals surface area contributed by atoms with Crippen molar-refractivity contribution >= 4 is 17.6 Å². The molecule has 2 heterocycles. The smallest absolute Gasteiger partial charge is 0.245 e. The topological polar surface area (TPSA) is 101 Å². The highest BCUT2D eigenvalue weighted by atomic mass is 19.1. The molecule has 0 fully saturated rings. The largest absolute Gasteiger partial charge is 0.441 e. The molecule has 0 atom stereocenters. The fraction of sp³-hybridized carbons (Fsp3) is 0.263. The molecule has 146 valence electrons. The first-order chi connectivity index (χ1) is 13.4. The van der Waals surface area contributed by atoms with Crippen LogP contribution in [0, 0.1) is 12.7 Å². The quantitative estimate of drug-likeness (QED) is 0.670. The lowest BCUT2D eigenvalue weighted by atomic mass is 10.2. The SMILES string of the molecule is Cc1cc(NC(=O)CN(C)C(=O)CCc2ncc(-c3ccccc3F)o2)no1. The Bertz CT molecular complexity index is 982. The molecule has 3 aromatic rings. The summed E-state index contributed by atoms with van der Waals surface area (Å²) in [4.78, 5) is 29.5. The van der Waals surface area contributed by atoms with E-state index in [1.54, 1.807) is 31.2 Å². The minimum Gasteiger partial charge on any atom is -0.441 e. The van der Waals surface area contributed by atoms with Gasteiger partial charge in [0.25, 0.3) is 0 Å². The van der Waals surface area contributed by atoms with Crippen LogP contribution in [0.3, 0.4) is 0 Å². The van der Waals surface area contributed by atoms with Gasteiger partial charge in [-0.15, -0.1) is 0 Å². The van der Waals surface area contributed by atoms with E-state index in [1.165, 1.54) is 24.2 Å². The maximum absolute atomic E-state index is 13.8. The number of carbonyl (C=O) groups is 2. The number of oxazole rings is 1. The highest BCUT2D eigenvalue weighted by Crippen LogP contribution is 2.23. The first kappa shape index (κ1) is 19.3. The van der Waals surface area contributed by atoms with Gasteiger partial charge in [-0.25, -0.2) is 9.37 Å². The van der Waals surface area contributed by atoms with Crippen molar-refractivity contribution in [2.75, 3.05) is 18.9 Å². The number of nitrogens with one attached hydrogen (secondary N) is 1. The van der Waals surface area contributed by atoms with Crippen LogP contribution in [0.15, 0.2) is 45.5 Å². The second-order valence-corrected chi connectivity index (χ2v) is 6.22. The predicted molar refractivity (Wildman–Crippen MR) is 97.7 cm³/mol. The Hall–Kier alpha value is -3.49. The van der Waals surface area contributed by atoms with Gasteiger partial charge in [0.15, 0.2) is 17.5 Å². The molecule has 8 nitrogen and oxygen atoms in total. The third-order valence-electron chi connectivity index (χ3n) is 3.95. The molecule has 1 N–H and O–H groups in total. The van der Waals surface area contributed by atoms with E-state index in [2.05, 4.69) is 15.5 Å². The van der Waals surface area contributed by atoms with Crippen molar-refractivity contribution in [3.8, 4) is 11.3 Å². The Morgan fingerprint density at radius 3 is 2.79 bits per heavy atom. The van der Waals surface area contributed by atoms with Gasteiger partial charge in [0.05, 0.1) is 18.3 Å². The number of aryl methyl sites for hydroxylation is 2. The third kappa shape index (κ3) is 4.81. The summed E-state index contributed by atoms with van der Waals surface area (Å²) in [5, 5.41) is 6.20. The van der Waals surface area contributed by atoms with Gasteiger partial charge >= 0.3 is 0 Å². The summed E-state index contributed by atoms with van der Waals surface area (Å²) >= 11 is 0. The van der Waals surface area contributed by atoms with Crippen LogP contribution in [0.1, 0.15) is 18.1 Å². The van der Waals surface area contributed by atoms with Crippen LogP contribution in [0.2, 0.25) is 0 Å². The molecule has 2 aromatic heterocycles. The number of aromatic nitrogens is 2. The average Bonchev–Trinajstić information content (AvgIpc) is 3.29. The number of hydrogen-bond donors (Lipinski definition) is 1. The lowest BCUT2D eigenvalue weighted by Gasteiger charge is -2.15. The van der Waals surface area contributed by atoms with Gasteiger partial charge in [0.2, 0.25) is 11.8 Å². The van der Waals surface area contributed by atoms with Crippen molar-refractivity contribution in [1.29, 1.82) is 0 Å². The van der Waals surface area contributed by atoms with E-state index >= 15 is 0 Å². The molecule has 0 aliphatic heterocycles. The van der Waals surface area contributed by atoms with Crippen LogP contribution in [-0.4, -0.2) is 40.4 Å². The Morgan fingerprint density at radius 1 is 1.29 bits per heavy atom. The summed E-state index contributed by atoms with van der Waals surface area (Å²) in [5.74, 6) is 0.441. The van der Waals surface area contributed by atoms with Gasteiger partial charge < -0.3 is 19.2 Å². The summed E-state index contributed by atoms with van der Waals surface area (Å²) in [6.07, 6.45) is 1.76. The molecule has 0 aliphatic carbocycles. The molecule has 0 radical (unpaired) electrons. The molecule has 0 saturated carbocycles. The Morgan fingerprint density at radius 2 is 2.07 bits per heavy atom. The molecule has 1 aromatic carbocycles. The van der Waals surface area contributed by atoms with Crippen LogP contribution in [0.5, 0.6) is 0 Å². The first-order valence-corrected chi connectivity index (χ1v) is 8.59. The van der Waals surface area contributed by atoms with E-state index in [9.17, 15) is 14.0 Å². The average molecular weight is 386 g/mol. The van der Waals surface area contributed by atoms with E-state index in [0.29, 0.717) is 28.8 Å². The van der Waals surface area contributed by atoms with E-state index in [-0.39, 0.29) is 31.2 Å². The lowest BCUT2D eigenvalue weighted by molar-refractivity contribution is -0.133. The summed E-state index contributed by atoms with van der Waals surface area (Å²) < 4.78 is 24.2. The van der Waals surface area contributed by atoms with Crippen molar-refractivity contribution in [3.05, 3.63) is 54.0 Å². The molecule has 0 saturated heterocycles. The summed E-state index contributed by atoms with van der Waals surface area (Å²) in [5.41, 5.74) is 0.310. The number of hydrogen-bond acceptors (Lipinski definition) is 6. The molecule has 9 heteroatoms. The Balaban J connectivity index is 1.49. The van der Waals surface area contributed by atoms with Crippen molar-refractivity contribution < 1.29 is 22.9 Å². The number of rotatable bonds is 7.